The monoisotopic (exact) mass is 285 g/mol. The van der Waals surface area contributed by atoms with Crippen molar-refractivity contribution in [1.29, 1.82) is 0 Å². The van der Waals surface area contributed by atoms with Crippen molar-refractivity contribution >= 4 is 17.2 Å². The van der Waals surface area contributed by atoms with Crippen molar-refractivity contribution in [2.45, 2.75) is 0 Å². The van der Waals surface area contributed by atoms with Gasteiger partial charge in [0.2, 0.25) is 5.88 Å². The van der Waals surface area contributed by atoms with E-state index in [1.165, 1.54) is 0 Å². The number of para-hydroxylation sites is 1. The van der Waals surface area contributed by atoms with Crippen molar-refractivity contribution in [3.05, 3.63) is 65.7 Å². The fourth-order valence-corrected chi connectivity index (χ4v) is 1.94. The summed E-state index contributed by atoms with van der Waals surface area (Å²) in [6.07, 6.45) is 0.561. The van der Waals surface area contributed by atoms with Crippen LogP contribution in [-0.2, 0) is 0 Å². The number of rotatable bonds is 3. The first kappa shape index (κ1) is 13.2. The predicted molar refractivity (Wildman–Crippen MR) is 73.6 cm³/mol. The van der Waals surface area contributed by atoms with Gasteiger partial charge in [0, 0.05) is 11.5 Å². The number of aromatic nitrogens is 1. The highest BCUT2D eigenvalue weighted by molar-refractivity contribution is 5.88. The van der Waals surface area contributed by atoms with Crippen LogP contribution in [0.4, 0.5) is 8.78 Å². The molecule has 104 valence electrons. The molecule has 3 rings (SSSR count). The van der Waals surface area contributed by atoms with Gasteiger partial charge in [0.15, 0.2) is 17.9 Å². The summed E-state index contributed by atoms with van der Waals surface area (Å²) in [5, 5.41) is 0.756. The Hall–Kier alpha value is -2.82. The smallest absolute Gasteiger partial charge is 0.230 e. The maximum absolute atomic E-state index is 13.6. The third kappa shape index (κ3) is 2.58. The van der Waals surface area contributed by atoms with Crippen LogP contribution in [-0.4, -0.2) is 11.3 Å². The van der Waals surface area contributed by atoms with Gasteiger partial charge in [0.05, 0.1) is 11.1 Å². The van der Waals surface area contributed by atoms with E-state index < -0.39 is 11.6 Å². The Bertz CT molecular complexity index is 834. The number of hydrogen-bond acceptors (Lipinski definition) is 3. The summed E-state index contributed by atoms with van der Waals surface area (Å²) in [5.74, 6) is -1.75. The topological polar surface area (TPSA) is 39.2 Å². The highest BCUT2D eigenvalue weighted by Gasteiger charge is 2.12. The van der Waals surface area contributed by atoms with E-state index in [0.717, 1.165) is 23.6 Å². The van der Waals surface area contributed by atoms with Gasteiger partial charge < -0.3 is 4.74 Å². The van der Waals surface area contributed by atoms with Crippen molar-refractivity contribution < 1.29 is 18.3 Å². The maximum atomic E-state index is 13.6. The summed E-state index contributed by atoms with van der Waals surface area (Å²) in [5.41, 5.74) is 0.757. The molecule has 0 radical (unpaired) electrons. The Morgan fingerprint density at radius 3 is 2.67 bits per heavy atom. The number of carbonyl (C=O) groups is 1. The lowest BCUT2D eigenvalue weighted by Gasteiger charge is -2.09. The second kappa shape index (κ2) is 5.28. The molecule has 3 aromatic rings. The van der Waals surface area contributed by atoms with Gasteiger partial charge in [-0.25, -0.2) is 13.8 Å². The van der Waals surface area contributed by atoms with Crippen LogP contribution in [0.5, 0.6) is 11.6 Å². The minimum atomic E-state index is -0.733. The standard InChI is InChI=1S/C16H9F2NO2/c17-12-5-6-13(18)15(8-12)21-16-11(9-20)7-10-3-1-2-4-14(10)19-16/h1-9H. The molecule has 0 saturated carbocycles. The summed E-state index contributed by atoms with van der Waals surface area (Å²) in [6.45, 7) is 0. The molecular formula is C16H9F2NO2. The SMILES string of the molecule is O=Cc1cc2ccccc2nc1Oc1cc(F)ccc1F. The molecule has 0 aliphatic carbocycles. The second-order valence-corrected chi connectivity index (χ2v) is 4.37. The number of carbonyl (C=O) groups excluding carboxylic acids is 1. The van der Waals surface area contributed by atoms with Gasteiger partial charge in [-0.3, -0.25) is 4.79 Å². The van der Waals surface area contributed by atoms with Crippen LogP contribution in [0.3, 0.4) is 0 Å². The molecule has 0 aliphatic rings. The number of fused-ring (bicyclic) bond motifs is 1. The van der Waals surface area contributed by atoms with Gasteiger partial charge in [0.1, 0.15) is 5.82 Å². The maximum Gasteiger partial charge on any atom is 0.230 e. The van der Waals surface area contributed by atoms with Crippen molar-refractivity contribution in [1.82, 2.24) is 4.98 Å². The van der Waals surface area contributed by atoms with Crippen LogP contribution in [0.1, 0.15) is 10.4 Å². The van der Waals surface area contributed by atoms with E-state index in [1.807, 2.05) is 6.07 Å². The van der Waals surface area contributed by atoms with Gasteiger partial charge >= 0.3 is 0 Å². The quantitative estimate of drug-likeness (QED) is 0.679. The normalized spacial score (nSPS) is 10.6. The Kier molecular flexibility index (Phi) is 3.31. The molecule has 3 nitrogen and oxygen atoms in total. The van der Waals surface area contributed by atoms with Gasteiger partial charge in [-0.2, -0.15) is 0 Å². The molecule has 0 fully saturated rings. The average Bonchev–Trinajstić information content (AvgIpc) is 2.50. The van der Waals surface area contributed by atoms with Crippen LogP contribution < -0.4 is 4.74 Å². The van der Waals surface area contributed by atoms with Crippen LogP contribution >= 0.6 is 0 Å². The van der Waals surface area contributed by atoms with Gasteiger partial charge in [0.25, 0.3) is 0 Å². The van der Waals surface area contributed by atoms with Crippen LogP contribution in [0.25, 0.3) is 10.9 Å². The van der Waals surface area contributed by atoms with E-state index in [-0.39, 0.29) is 17.2 Å². The molecule has 0 spiro atoms. The number of aldehydes is 1. The third-order valence-corrected chi connectivity index (χ3v) is 2.94. The predicted octanol–water partition coefficient (Wildman–Crippen LogP) is 4.12. The fourth-order valence-electron chi connectivity index (χ4n) is 1.94. The first-order valence-corrected chi connectivity index (χ1v) is 6.15. The fraction of sp³-hybridized carbons (Fsp3) is 0. The lowest BCUT2D eigenvalue weighted by Crippen LogP contribution is -1.97. The number of benzene rings is 2. The first-order chi connectivity index (χ1) is 10.2. The summed E-state index contributed by atoms with van der Waals surface area (Å²) in [4.78, 5) is 15.3. The average molecular weight is 285 g/mol. The molecule has 5 heteroatoms. The van der Waals surface area contributed by atoms with Gasteiger partial charge in [-0.15, -0.1) is 0 Å². The molecule has 0 atom stereocenters. The van der Waals surface area contributed by atoms with Crippen LogP contribution in [0, 0.1) is 11.6 Å². The zero-order valence-corrected chi connectivity index (χ0v) is 10.7. The number of ether oxygens (including phenoxy) is 1. The van der Waals surface area contributed by atoms with Gasteiger partial charge in [-0.05, 0) is 24.3 Å². The number of pyridine rings is 1. The molecule has 1 aromatic heterocycles. The van der Waals surface area contributed by atoms with Crippen molar-refractivity contribution in [2.24, 2.45) is 0 Å². The molecule has 21 heavy (non-hydrogen) atoms. The van der Waals surface area contributed by atoms with Crippen molar-refractivity contribution in [2.75, 3.05) is 0 Å². The summed E-state index contributed by atoms with van der Waals surface area (Å²) < 4.78 is 32.0. The molecule has 0 aliphatic heterocycles. The molecule has 0 bridgehead atoms. The summed E-state index contributed by atoms with van der Waals surface area (Å²) in [6, 6.07) is 11.5. The zero-order chi connectivity index (χ0) is 14.8. The number of nitrogens with zero attached hydrogens (tertiary/aromatic N) is 1. The Morgan fingerprint density at radius 2 is 1.86 bits per heavy atom. The molecule has 2 aromatic carbocycles. The molecule has 1 heterocycles. The van der Waals surface area contributed by atoms with Gasteiger partial charge in [-0.1, -0.05) is 18.2 Å². The first-order valence-electron chi connectivity index (χ1n) is 6.15. The van der Waals surface area contributed by atoms with Crippen LogP contribution in [0.2, 0.25) is 0 Å². The summed E-state index contributed by atoms with van der Waals surface area (Å²) >= 11 is 0. The lowest BCUT2D eigenvalue weighted by atomic mass is 10.1. The van der Waals surface area contributed by atoms with E-state index >= 15 is 0 Å². The molecule has 0 saturated heterocycles. The second-order valence-electron chi connectivity index (χ2n) is 4.37. The lowest BCUT2D eigenvalue weighted by molar-refractivity contribution is 0.112. The van der Waals surface area contributed by atoms with E-state index in [2.05, 4.69) is 4.98 Å². The van der Waals surface area contributed by atoms with Crippen molar-refractivity contribution in [3.63, 3.8) is 0 Å². The zero-order valence-electron chi connectivity index (χ0n) is 10.7. The van der Waals surface area contributed by atoms with Crippen LogP contribution in [0.15, 0.2) is 48.5 Å². The molecule has 0 N–H and O–H groups in total. The van der Waals surface area contributed by atoms with E-state index in [4.69, 9.17) is 4.74 Å². The highest BCUT2D eigenvalue weighted by Crippen LogP contribution is 2.28. The molecule has 0 amide bonds. The molecule has 0 unspecified atom stereocenters. The molecular weight excluding hydrogens is 276 g/mol. The number of hydrogen-bond donors (Lipinski definition) is 0. The third-order valence-electron chi connectivity index (χ3n) is 2.94. The minimum absolute atomic E-state index is 0.0619. The number of halogens is 2. The van der Waals surface area contributed by atoms with E-state index in [0.29, 0.717) is 11.8 Å². The minimum Gasteiger partial charge on any atom is -0.435 e. The summed E-state index contributed by atoms with van der Waals surface area (Å²) in [7, 11) is 0. The largest absolute Gasteiger partial charge is 0.435 e. The Labute approximate surface area is 118 Å². The van der Waals surface area contributed by atoms with Crippen molar-refractivity contribution in [3.8, 4) is 11.6 Å². The Morgan fingerprint density at radius 1 is 1.05 bits per heavy atom. The van der Waals surface area contributed by atoms with E-state index in [1.54, 1.807) is 24.3 Å². The Balaban J connectivity index is 2.10. The highest BCUT2D eigenvalue weighted by atomic mass is 19.1. The van der Waals surface area contributed by atoms with E-state index in [9.17, 15) is 13.6 Å².